The summed E-state index contributed by atoms with van der Waals surface area (Å²) in [7, 11) is 0. The van der Waals surface area contributed by atoms with E-state index in [0.717, 1.165) is 28.1 Å². The molecule has 162 valence electrons. The van der Waals surface area contributed by atoms with Crippen LogP contribution in [-0.2, 0) is 27.2 Å². The lowest BCUT2D eigenvalue weighted by Gasteiger charge is -2.24. The van der Waals surface area contributed by atoms with Crippen LogP contribution in [0.1, 0.15) is 36.5 Å². The number of amides is 3. The van der Waals surface area contributed by atoms with E-state index in [1.54, 1.807) is 17.9 Å². The number of fused-ring (bicyclic) bond motifs is 1. The Morgan fingerprint density at radius 2 is 2.00 bits per heavy atom. The molecule has 0 bridgehead atoms. The zero-order valence-corrected chi connectivity index (χ0v) is 17.8. The number of nitrogens with zero attached hydrogens (tertiary/aromatic N) is 1. The van der Waals surface area contributed by atoms with Gasteiger partial charge in [-0.25, -0.2) is 4.39 Å². The molecule has 2 aliphatic rings. The third-order valence-electron chi connectivity index (χ3n) is 6.15. The van der Waals surface area contributed by atoms with E-state index in [-0.39, 0.29) is 23.5 Å². The predicted octanol–water partition coefficient (Wildman–Crippen LogP) is 3.12. The van der Waals surface area contributed by atoms with Gasteiger partial charge in [0.1, 0.15) is 11.2 Å². The Morgan fingerprint density at radius 1 is 1.19 bits per heavy atom. The number of carbonyl (C=O) groups excluding carboxylic acids is 3. The lowest BCUT2D eigenvalue weighted by atomic mass is 9.87. The maximum atomic E-state index is 13.5. The summed E-state index contributed by atoms with van der Waals surface area (Å²) >= 11 is 0. The first-order valence-electron chi connectivity index (χ1n) is 10.6. The number of rotatable bonds is 5. The molecule has 6 nitrogen and oxygen atoms in total. The van der Waals surface area contributed by atoms with Crippen LogP contribution < -0.4 is 15.5 Å². The third kappa shape index (κ3) is 4.17. The molecule has 2 aliphatic heterocycles. The predicted molar refractivity (Wildman–Crippen MR) is 116 cm³/mol. The van der Waals surface area contributed by atoms with Gasteiger partial charge >= 0.3 is 0 Å². The number of hydrogen-bond donors (Lipinski definition) is 2. The molecule has 1 saturated heterocycles. The molecule has 2 aromatic rings. The number of nitrogens with one attached hydrogen (secondary N) is 2. The van der Waals surface area contributed by atoms with Crippen molar-refractivity contribution < 1.29 is 18.8 Å². The maximum absolute atomic E-state index is 13.5. The molecule has 0 saturated carbocycles. The molecule has 1 fully saturated rings. The van der Waals surface area contributed by atoms with Gasteiger partial charge in [-0.2, -0.15) is 0 Å². The van der Waals surface area contributed by atoms with Gasteiger partial charge in [-0.05, 0) is 80.1 Å². The van der Waals surface area contributed by atoms with Crippen molar-refractivity contribution in [3.63, 3.8) is 0 Å². The summed E-state index contributed by atoms with van der Waals surface area (Å²) in [6.07, 6.45) is 1.98. The Labute approximate surface area is 180 Å². The van der Waals surface area contributed by atoms with Gasteiger partial charge in [-0.15, -0.1) is 0 Å². The van der Waals surface area contributed by atoms with Crippen LogP contribution in [0, 0.1) is 18.2 Å². The Morgan fingerprint density at radius 3 is 2.77 bits per heavy atom. The van der Waals surface area contributed by atoms with Crippen LogP contribution in [-0.4, -0.2) is 30.8 Å². The third-order valence-corrected chi connectivity index (χ3v) is 6.15. The summed E-state index contributed by atoms with van der Waals surface area (Å²) in [5, 5.41) is 5.69. The van der Waals surface area contributed by atoms with Gasteiger partial charge in [0.25, 0.3) is 0 Å². The van der Waals surface area contributed by atoms with Crippen LogP contribution in [0.3, 0.4) is 0 Å². The zero-order valence-electron chi connectivity index (χ0n) is 17.8. The number of carbonyl (C=O) groups is 3. The standard InChI is InChI=1S/C24H26FN3O3/c1-15-11-16(13-18(25)12-15)7-9-26-22(30)24(2)8-10-28(23(24)31)19-4-5-20-17(14-19)3-6-21(29)27-20/h4-5,11-14H,3,6-10H2,1-2H3,(H,26,30)(H,27,29). The molecular formula is C24H26FN3O3. The van der Waals surface area contributed by atoms with E-state index in [4.69, 9.17) is 0 Å². The summed E-state index contributed by atoms with van der Waals surface area (Å²) in [6, 6.07) is 10.3. The largest absolute Gasteiger partial charge is 0.355 e. The molecule has 0 radical (unpaired) electrons. The second kappa shape index (κ2) is 8.13. The van der Waals surface area contributed by atoms with Gasteiger partial charge in [0.2, 0.25) is 17.7 Å². The van der Waals surface area contributed by atoms with Crippen LogP contribution in [0.25, 0.3) is 0 Å². The molecular weight excluding hydrogens is 397 g/mol. The van der Waals surface area contributed by atoms with Gasteiger partial charge in [-0.3, -0.25) is 14.4 Å². The monoisotopic (exact) mass is 423 g/mol. The minimum Gasteiger partial charge on any atom is -0.355 e. The Bertz CT molecular complexity index is 1050. The van der Waals surface area contributed by atoms with Gasteiger partial charge < -0.3 is 15.5 Å². The summed E-state index contributed by atoms with van der Waals surface area (Å²) < 4.78 is 13.5. The summed E-state index contributed by atoms with van der Waals surface area (Å²) in [5.74, 6) is -0.834. The van der Waals surface area contributed by atoms with Crippen molar-refractivity contribution >= 4 is 29.1 Å². The first kappa shape index (κ1) is 21.0. The molecule has 3 amide bonds. The SMILES string of the molecule is Cc1cc(F)cc(CCNC(=O)C2(C)CCN(c3ccc4c(c3)CCC(=O)N4)C2=O)c1. The molecule has 0 aromatic heterocycles. The fraction of sp³-hybridized carbons (Fsp3) is 0.375. The van der Waals surface area contributed by atoms with Crippen molar-refractivity contribution in [2.75, 3.05) is 23.3 Å². The topological polar surface area (TPSA) is 78.5 Å². The van der Waals surface area contributed by atoms with E-state index in [9.17, 15) is 18.8 Å². The smallest absolute Gasteiger partial charge is 0.242 e. The normalized spacial score (nSPS) is 20.4. The minimum absolute atomic E-state index is 0.00449. The van der Waals surface area contributed by atoms with E-state index in [1.165, 1.54) is 12.1 Å². The van der Waals surface area contributed by atoms with Crippen LogP contribution >= 0.6 is 0 Å². The highest BCUT2D eigenvalue weighted by atomic mass is 19.1. The zero-order chi connectivity index (χ0) is 22.2. The van der Waals surface area contributed by atoms with Crippen molar-refractivity contribution in [1.82, 2.24) is 5.32 Å². The van der Waals surface area contributed by atoms with Crippen LogP contribution in [0.2, 0.25) is 0 Å². The molecule has 7 heteroatoms. The van der Waals surface area contributed by atoms with Crippen molar-refractivity contribution in [3.05, 3.63) is 58.9 Å². The molecule has 2 heterocycles. The van der Waals surface area contributed by atoms with Gasteiger partial charge in [-0.1, -0.05) is 6.07 Å². The number of aryl methyl sites for hydroxylation is 2. The van der Waals surface area contributed by atoms with Gasteiger partial charge in [0.05, 0.1) is 0 Å². The van der Waals surface area contributed by atoms with Crippen molar-refractivity contribution in [2.24, 2.45) is 5.41 Å². The number of hydrogen-bond acceptors (Lipinski definition) is 3. The molecule has 4 rings (SSSR count). The average molecular weight is 423 g/mol. The fourth-order valence-electron chi connectivity index (χ4n) is 4.31. The lowest BCUT2D eigenvalue weighted by Crippen LogP contribution is -2.45. The second-order valence-electron chi connectivity index (χ2n) is 8.57. The number of anilines is 2. The summed E-state index contributed by atoms with van der Waals surface area (Å²) in [5.41, 5.74) is 3.02. The van der Waals surface area contributed by atoms with Crippen molar-refractivity contribution in [1.29, 1.82) is 0 Å². The molecule has 2 N–H and O–H groups in total. The molecule has 1 atom stereocenters. The van der Waals surface area contributed by atoms with E-state index < -0.39 is 5.41 Å². The highest BCUT2D eigenvalue weighted by molar-refractivity contribution is 6.13. The quantitative estimate of drug-likeness (QED) is 0.726. The molecule has 0 spiro atoms. The highest BCUT2D eigenvalue weighted by Crippen LogP contribution is 2.37. The van der Waals surface area contributed by atoms with Gasteiger partial charge in [0, 0.05) is 30.9 Å². The Kier molecular flexibility index (Phi) is 5.52. The van der Waals surface area contributed by atoms with Gasteiger partial charge in [0.15, 0.2) is 0 Å². The first-order valence-corrected chi connectivity index (χ1v) is 10.6. The Balaban J connectivity index is 1.41. The van der Waals surface area contributed by atoms with Crippen LogP contribution in [0.15, 0.2) is 36.4 Å². The highest BCUT2D eigenvalue weighted by Gasteiger charge is 2.49. The summed E-state index contributed by atoms with van der Waals surface area (Å²) in [4.78, 5) is 39.2. The van der Waals surface area contributed by atoms with E-state index in [2.05, 4.69) is 10.6 Å². The molecule has 2 aromatic carbocycles. The molecule has 31 heavy (non-hydrogen) atoms. The minimum atomic E-state index is -1.14. The Hall–Kier alpha value is -3.22. The fourth-order valence-corrected chi connectivity index (χ4v) is 4.31. The van der Waals surface area contributed by atoms with Crippen molar-refractivity contribution in [3.8, 4) is 0 Å². The lowest BCUT2D eigenvalue weighted by molar-refractivity contribution is -0.138. The van der Waals surface area contributed by atoms with Crippen LogP contribution in [0.4, 0.5) is 15.8 Å². The first-order chi connectivity index (χ1) is 14.8. The summed E-state index contributed by atoms with van der Waals surface area (Å²) in [6.45, 7) is 4.29. The van der Waals surface area contributed by atoms with E-state index in [1.807, 2.05) is 25.1 Å². The maximum Gasteiger partial charge on any atom is 0.242 e. The van der Waals surface area contributed by atoms with E-state index >= 15 is 0 Å². The van der Waals surface area contributed by atoms with E-state index in [0.29, 0.717) is 38.8 Å². The average Bonchev–Trinajstić information content (AvgIpc) is 3.03. The number of benzene rings is 2. The number of halogens is 1. The van der Waals surface area contributed by atoms with Crippen molar-refractivity contribution in [2.45, 2.75) is 39.5 Å². The van der Waals surface area contributed by atoms with Crippen LogP contribution in [0.5, 0.6) is 0 Å². The molecule has 0 aliphatic carbocycles. The molecule has 1 unspecified atom stereocenters. The second-order valence-corrected chi connectivity index (χ2v) is 8.57.